The molecule has 1 aromatic heterocycles. The average molecular weight is 429 g/mol. The first-order valence-electron chi connectivity index (χ1n) is 7.56. The second kappa shape index (κ2) is 7.61. The average Bonchev–Trinajstić information content (AvgIpc) is 2.60. The van der Waals surface area contributed by atoms with Gasteiger partial charge in [0.15, 0.2) is 5.82 Å². The van der Waals surface area contributed by atoms with Gasteiger partial charge in [-0.05, 0) is 24.3 Å². The lowest BCUT2D eigenvalue weighted by molar-refractivity contribution is -0.383. The molecule has 0 atom stereocenters. The van der Waals surface area contributed by atoms with Crippen molar-refractivity contribution in [1.29, 1.82) is 0 Å². The summed E-state index contributed by atoms with van der Waals surface area (Å²) in [6.45, 7) is 0. The van der Waals surface area contributed by atoms with Crippen molar-refractivity contribution in [3.63, 3.8) is 0 Å². The Labute approximate surface area is 166 Å². The minimum Gasteiger partial charge on any atom is -0.334 e. The van der Waals surface area contributed by atoms with Crippen LogP contribution in [0.1, 0.15) is 5.56 Å². The quantitative estimate of drug-likeness (QED) is 0.307. The fraction of sp³-hybridized carbons (Fsp3) is 0.0588. The number of rotatable bonds is 4. The van der Waals surface area contributed by atoms with Crippen LogP contribution in [0.2, 0.25) is 10.2 Å². The Morgan fingerprint density at radius 3 is 2.46 bits per heavy atom. The zero-order chi connectivity index (χ0) is 20.5. The number of anilines is 2. The van der Waals surface area contributed by atoms with E-state index in [4.69, 9.17) is 23.2 Å². The molecular weight excluding hydrogens is 420 g/mol. The lowest BCUT2D eigenvalue weighted by atomic mass is 10.1. The van der Waals surface area contributed by atoms with Crippen molar-refractivity contribution >= 4 is 40.4 Å². The molecule has 1 heterocycles. The Kier molecular flexibility index (Phi) is 5.39. The zero-order valence-electron chi connectivity index (χ0n) is 13.7. The highest BCUT2D eigenvalue weighted by Crippen LogP contribution is 2.33. The second-order valence-electron chi connectivity index (χ2n) is 5.52. The standard InChI is InChI=1S/C17H9Cl2F3N4O2/c18-11-4-5-13(26(27)28)12(7-11)23-15-8-14(19)24-16(25-15)9-2-1-3-10(6-9)17(20,21)22/h1-8H,(H,23,24,25). The minimum atomic E-state index is -4.53. The second-order valence-corrected chi connectivity index (χ2v) is 6.35. The van der Waals surface area contributed by atoms with Crippen LogP contribution in [0.25, 0.3) is 11.4 Å². The number of benzene rings is 2. The van der Waals surface area contributed by atoms with E-state index < -0.39 is 16.7 Å². The van der Waals surface area contributed by atoms with E-state index >= 15 is 0 Å². The Morgan fingerprint density at radius 1 is 1.04 bits per heavy atom. The molecule has 0 spiro atoms. The number of hydrogen-bond acceptors (Lipinski definition) is 5. The summed E-state index contributed by atoms with van der Waals surface area (Å²) in [4.78, 5) is 18.6. The van der Waals surface area contributed by atoms with Gasteiger partial charge in [-0.25, -0.2) is 9.97 Å². The van der Waals surface area contributed by atoms with Crippen molar-refractivity contribution < 1.29 is 18.1 Å². The third kappa shape index (κ3) is 4.49. The van der Waals surface area contributed by atoms with Gasteiger partial charge < -0.3 is 5.32 Å². The molecule has 0 unspecified atom stereocenters. The van der Waals surface area contributed by atoms with Crippen molar-refractivity contribution in [1.82, 2.24) is 9.97 Å². The molecule has 0 saturated heterocycles. The molecule has 0 saturated carbocycles. The van der Waals surface area contributed by atoms with Gasteiger partial charge in [0.05, 0.1) is 10.5 Å². The molecule has 0 bridgehead atoms. The normalized spacial score (nSPS) is 11.3. The Balaban J connectivity index is 2.02. The number of nitrogens with one attached hydrogen (secondary N) is 1. The lowest BCUT2D eigenvalue weighted by Crippen LogP contribution is -2.05. The molecule has 3 rings (SSSR count). The molecule has 0 radical (unpaired) electrons. The lowest BCUT2D eigenvalue weighted by Gasteiger charge is -2.11. The Hall–Kier alpha value is -2.91. The maximum Gasteiger partial charge on any atom is 0.416 e. The molecule has 11 heteroatoms. The summed E-state index contributed by atoms with van der Waals surface area (Å²) in [7, 11) is 0. The third-order valence-corrected chi connectivity index (χ3v) is 3.99. The van der Waals surface area contributed by atoms with Crippen molar-refractivity contribution in [3.8, 4) is 11.4 Å². The summed E-state index contributed by atoms with van der Waals surface area (Å²) in [5.74, 6) is -0.0245. The van der Waals surface area contributed by atoms with Crippen LogP contribution in [0.5, 0.6) is 0 Å². The largest absolute Gasteiger partial charge is 0.416 e. The van der Waals surface area contributed by atoms with E-state index in [2.05, 4.69) is 15.3 Å². The van der Waals surface area contributed by atoms with Crippen molar-refractivity contribution in [2.45, 2.75) is 6.18 Å². The van der Waals surface area contributed by atoms with Gasteiger partial charge in [0.1, 0.15) is 16.7 Å². The number of hydrogen-bond donors (Lipinski definition) is 1. The molecule has 0 aliphatic carbocycles. The first-order valence-corrected chi connectivity index (χ1v) is 8.32. The molecule has 0 aliphatic rings. The highest BCUT2D eigenvalue weighted by Gasteiger charge is 2.30. The Morgan fingerprint density at radius 2 is 1.79 bits per heavy atom. The topological polar surface area (TPSA) is 81.0 Å². The van der Waals surface area contributed by atoms with Gasteiger partial charge in [-0.15, -0.1) is 0 Å². The van der Waals surface area contributed by atoms with E-state index in [-0.39, 0.29) is 38.8 Å². The van der Waals surface area contributed by atoms with Crippen molar-refractivity contribution in [2.75, 3.05) is 5.32 Å². The molecule has 0 fully saturated rings. The van der Waals surface area contributed by atoms with Crippen LogP contribution in [0.4, 0.5) is 30.4 Å². The van der Waals surface area contributed by atoms with Gasteiger partial charge in [0, 0.05) is 22.7 Å². The minimum absolute atomic E-state index is 0.0438. The van der Waals surface area contributed by atoms with Crippen LogP contribution < -0.4 is 5.32 Å². The van der Waals surface area contributed by atoms with Gasteiger partial charge in [-0.2, -0.15) is 13.2 Å². The van der Waals surface area contributed by atoms with E-state index in [1.165, 1.54) is 36.4 Å². The number of aromatic nitrogens is 2. The van der Waals surface area contributed by atoms with Crippen LogP contribution >= 0.6 is 23.2 Å². The van der Waals surface area contributed by atoms with Gasteiger partial charge in [0.2, 0.25) is 0 Å². The molecule has 144 valence electrons. The fourth-order valence-electron chi connectivity index (χ4n) is 2.35. The summed E-state index contributed by atoms with van der Waals surface area (Å²) in [5.41, 5.74) is -1.00. The summed E-state index contributed by atoms with van der Waals surface area (Å²) >= 11 is 11.8. The molecule has 1 N–H and O–H groups in total. The molecule has 3 aromatic rings. The van der Waals surface area contributed by atoms with Crippen molar-refractivity contribution in [3.05, 3.63) is 74.4 Å². The highest BCUT2D eigenvalue weighted by molar-refractivity contribution is 6.31. The predicted molar refractivity (Wildman–Crippen MR) is 98.9 cm³/mol. The zero-order valence-corrected chi connectivity index (χ0v) is 15.2. The van der Waals surface area contributed by atoms with Crippen LogP contribution in [0, 0.1) is 10.1 Å². The number of nitro groups is 1. The molecule has 0 amide bonds. The molecular formula is C17H9Cl2F3N4O2. The molecule has 0 aliphatic heterocycles. The molecule has 28 heavy (non-hydrogen) atoms. The van der Waals surface area contributed by atoms with Crippen LogP contribution in [0.15, 0.2) is 48.5 Å². The first kappa shape index (κ1) is 19.8. The summed E-state index contributed by atoms with van der Waals surface area (Å²) in [6.07, 6.45) is -4.53. The summed E-state index contributed by atoms with van der Waals surface area (Å²) < 4.78 is 38.8. The summed E-state index contributed by atoms with van der Waals surface area (Å²) in [6, 6.07) is 9.58. The van der Waals surface area contributed by atoms with E-state index in [1.807, 2.05) is 0 Å². The van der Waals surface area contributed by atoms with Crippen LogP contribution in [0.3, 0.4) is 0 Å². The van der Waals surface area contributed by atoms with Gasteiger partial charge >= 0.3 is 6.18 Å². The smallest absolute Gasteiger partial charge is 0.334 e. The van der Waals surface area contributed by atoms with Gasteiger partial charge in [-0.3, -0.25) is 10.1 Å². The predicted octanol–water partition coefficient (Wildman–Crippen LogP) is 6.12. The maximum atomic E-state index is 12.9. The number of nitrogens with zero attached hydrogens (tertiary/aromatic N) is 3. The maximum absolute atomic E-state index is 12.9. The SMILES string of the molecule is O=[N+]([O-])c1ccc(Cl)cc1Nc1cc(Cl)nc(-c2cccc(C(F)(F)F)c2)n1. The van der Waals surface area contributed by atoms with Gasteiger partial charge in [-0.1, -0.05) is 35.3 Å². The van der Waals surface area contributed by atoms with E-state index in [9.17, 15) is 23.3 Å². The van der Waals surface area contributed by atoms with Crippen LogP contribution in [-0.2, 0) is 6.18 Å². The van der Waals surface area contributed by atoms with Crippen molar-refractivity contribution in [2.24, 2.45) is 0 Å². The summed E-state index contributed by atoms with van der Waals surface area (Å²) in [5, 5.41) is 14.1. The Bertz CT molecular complexity index is 1060. The van der Waals surface area contributed by atoms with E-state index in [1.54, 1.807) is 0 Å². The number of alkyl halides is 3. The number of halogens is 5. The fourth-order valence-corrected chi connectivity index (χ4v) is 2.71. The highest BCUT2D eigenvalue weighted by atomic mass is 35.5. The third-order valence-electron chi connectivity index (χ3n) is 3.56. The molecule has 2 aromatic carbocycles. The van der Waals surface area contributed by atoms with Gasteiger partial charge in [0.25, 0.3) is 5.69 Å². The van der Waals surface area contributed by atoms with Crippen LogP contribution in [-0.4, -0.2) is 14.9 Å². The first-order chi connectivity index (χ1) is 13.1. The van der Waals surface area contributed by atoms with E-state index in [0.29, 0.717) is 0 Å². The number of nitro benzene ring substituents is 1. The molecule has 6 nitrogen and oxygen atoms in total. The monoisotopic (exact) mass is 428 g/mol. The van der Waals surface area contributed by atoms with E-state index in [0.717, 1.165) is 12.1 Å².